The molecule has 0 spiro atoms. The van der Waals surface area contributed by atoms with Crippen LogP contribution in [0.25, 0.3) is 0 Å². The third kappa shape index (κ3) is 4.74. The van der Waals surface area contributed by atoms with Gasteiger partial charge in [-0.25, -0.2) is 14.2 Å². The fourth-order valence-corrected chi connectivity index (χ4v) is 2.21. The van der Waals surface area contributed by atoms with E-state index in [1.165, 1.54) is 37.1 Å². The van der Waals surface area contributed by atoms with Crippen LogP contribution in [0.5, 0.6) is 0 Å². The van der Waals surface area contributed by atoms with E-state index in [9.17, 15) is 19.1 Å². The van der Waals surface area contributed by atoms with Crippen molar-refractivity contribution in [1.82, 2.24) is 5.06 Å². The first-order valence-corrected chi connectivity index (χ1v) is 7.32. The van der Waals surface area contributed by atoms with Gasteiger partial charge < -0.3 is 9.84 Å². The highest BCUT2D eigenvalue weighted by Crippen LogP contribution is 2.23. The topological polar surface area (TPSA) is 76.1 Å². The molecular formula is C14H16FNO5S. The molecule has 0 bridgehead atoms. The smallest absolute Gasteiger partial charge is 0.373 e. The van der Waals surface area contributed by atoms with Crippen molar-refractivity contribution in [1.29, 1.82) is 0 Å². The van der Waals surface area contributed by atoms with E-state index in [1.807, 2.05) is 0 Å². The summed E-state index contributed by atoms with van der Waals surface area (Å²) in [7, 11) is 2.34. The minimum atomic E-state index is -1.03. The van der Waals surface area contributed by atoms with Crippen molar-refractivity contribution >= 4 is 23.6 Å². The minimum absolute atomic E-state index is 0.0245. The van der Waals surface area contributed by atoms with E-state index in [2.05, 4.69) is 4.74 Å². The summed E-state index contributed by atoms with van der Waals surface area (Å²) in [6.07, 6.45) is 2.47. The normalized spacial score (nSPS) is 11.2. The summed E-state index contributed by atoms with van der Waals surface area (Å²) in [5.41, 5.74) is 0.662. The molecule has 6 nitrogen and oxygen atoms in total. The second kappa shape index (κ2) is 8.40. The van der Waals surface area contributed by atoms with E-state index < -0.39 is 17.6 Å². The zero-order valence-corrected chi connectivity index (χ0v) is 13.1. The van der Waals surface area contributed by atoms with Crippen LogP contribution in [-0.2, 0) is 25.7 Å². The Kier molecular flexibility index (Phi) is 6.87. The lowest BCUT2D eigenvalue weighted by atomic mass is 10.2. The molecular weight excluding hydrogens is 313 g/mol. The van der Waals surface area contributed by atoms with Crippen LogP contribution in [0.4, 0.5) is 4.39 Å². The van der Waals surface area contributed by atoms with Gasteiger partial charge in [0, 0.05) is 4.90 Å². The molecule has 1 amide bonds. The Morgan fingerprint density at radius 1 is 1.41 bits per heavy atom. The molecule has 0 saturated heterocycles. The van der Waals surface area contributed by atoms with E-state index >= 15 is 0 Å². The first-order valence-electron chi connectivity index (χ1n) is 6.10. The predicted octanol–water partition coefficient (Wildman–Crippen LogP) is 2.05. The van der Waals surface area contributed by atoms with Crippen molar-refractivity contribution in [2.24, 2.45) is 0 Å². The molecule has 0 unspecified atom stereocenters. The number of halogens is 1. The summed E-state index contributed by atoms with van der Waals surface area (Å²) in [5, 5.41) is 10.3. The molecule has 0 saturated carbocycles. The maximum absolute atomic E-state index is 13.2. The standard InChI is InChI=1S/C14H16FNO5S/c1-20-14(19)11(17)7-13(18)16(21-2)8-9-4-5-10(15)6-12(9)22-3/h4-7,17H,8H2,1-3H3/b11-7-. The van der Waals surface area contributed by atoms with Crippen LogP contribution < -0.4 is 0 Å². The second-order valence-corrected chi connectivity index (χ2v) is 4.88. The SMILES string of the molecule is COC(=O)/C(O)=C/C(=O)N(Cc1ccc(F)cc1SC)OC. The summed E-state index contributed by atoms with van der Waals surface area (Å²) in [4.78, 5) is 28.6. The van der Waals surface area contributed by atoms with Gasteiger partial charge >= 0.3 is 5.97 Å². The van der Waals surface area contributed by atoms with Crippen LogP contribution in [0.15, 0.2) is 34.9 Å². The van der Waals surface area contributed by atoms with E-state index in [1.54, 1.807) is 6.26 Å². The van der Waals surface area contributed by atoms with Crippen LogP contribution >= 0.6 is 11.8 Å². The Morgan fingerprint density at radius 3 is 2.64 bits per heavy atom. The maximum Gasteiger partial charge on any atom is 0.373 e. The molecule has 120 valence electrons. The third-order valence-electron chi connectivity index (χ3n) is 2.68. The van der Waals surface area contributed by atoms with Gasteiger partial charge in [-0.15, -0.1) is 11.8 Å². The number of methoxy groups -OCH3 is 1. The highest BCUT2D eigenvalue weighted by atomic mass is 32.2. The van der Waals surface area contributed by atoms with Crippen molar-refractivity contribution in [3.8, 4) is 0 Å². The molecule has 1 aromatic carbocycles. The lowest BCUT2D eigenvalue weighted by molar-refractivity contribution is -0.174. The number of thioether (sulfide) groups is 1. The van der Waals surface area contributed by atoms with Crippen molar-refractivity contribution in [2.45, 2.75) is 11.4 Å². The number of carbonyl (C=O) groups excluding carboxylic acids is 2. The monoisotopic (exact) mass is 329 g/mol. The zero-order valence-electron chi connectivity index (χ0n) is 12.3. The second-order valence-electron chi connectivity index (χ2n) is 4.03. The van der Waals surface area contributed by atoms with Crippen molar-refractivity contribution in [3.05, 3.63) is 41.4 Å². The summed E-state index contributed by atoms with van der Waals surface area (Å²) >= 11 is 1.32. The van der Waals surface area contributed by atoms with Crippen LogP contribution in [-0.4, -0.2) is 42.5 Å². The van der Waals surface area contributed by atoms with Gasteiger partial charge in [0.1, 0.15) is 5.82 Å². The molecule has 1 aromatic rings. The van der Waals surface area contributed by atoms with Gasteiger partial charge in [-0.05, 0) is 24.0 Å². The number of nitrogens with zero attached hydrogens (tertiary/aromatic N) is 1. The predicted molar refractivity (Wildman–Crippen MR) is 78.5 cm³/mol. The average Bonchev–Trinajstić information content (AvgIpc) is 2.52. The van der Waals surface area contributed by atoms with Crippen LogP contribution in [0.2, 0.25) is 0 Å². The molecule has 0 aliphatic carbocycles. The molecule has 8 heteroatoms. The molecule has 0 radical (unpaired) electrons. The molecule has 0 aliphatic heterocycles. The van der Waals surface area contributed by atoms with Crippen molar-refractivity contribution < 1.29 is 28.7 Å². The lowest BCUT2D eigenvalue weighted by Gasteiger charge is -2.19. The molecule has 0 atom stereocenters. The number of hydrogen-bond donors (Lipinski definition) is 1. The van der Waals surface area contributed by atoms with Gasteiger partial charge in [-0.2, -0.15) is 0 Å². The van der Waals surface area contributed by atoms with Gasteiger partial charge in [-0.1, -0.05) is 6.07 Å². The number of amides is 1. The van der Waals surface area contributed by atoms with Gasteiger partial charge in [0.25, 0.3) is 5.91 Å². The highest BCUT2D eigenvalue weighted by Gasteiger charge is 2.17. The van der Waals surface area contributed by atoms with Crippen LogP contribution in [0, 0.1) is 5.82 Å². The van der Waals surface area contributed by atoms with Crippen LogP contribution in [0.1, 0.15) is 5.56 Å². The maximum atomic E-state index is 13.2. The van der Waals surface area contributed by atoms with Crippen LogP contribution in [0.3, 0.4) is 0 Å². The molecule has 1 rings (SSSR count). The first-order chi connectivity index (χ1) is 10.4. The fourth-order valence-electron chi connectivity index (χ4n) is 1.59. The van der Waals surface area contributed by atoms with Gasteiger partial charge in [-0.3, -0.25) is 9.63 Å². The van der Waals surface area contributed by atoms with E-state index in [0.717, 1.165) is 12.2 Å². The number of aliphatic hydroxyl groups is 1. The Hall–Kier alpha value is -2.06. The van der Waals surface area contributed by atoms with Gasteiger partial charge in [0.15, 0.2) is 0 Å². The summed E-state index contributed by atoms with van der Waals surface area (Å²) in [5.74, 6) is -3.00. The van der Waals surface area contributed by atoms with Gasteiger partial charge in [0.2, 0.25) is 5.76 Å². The molecule has 0 fully saturated rings. The van der Waals surface area contributed by atoms with Crippen molar-refractivity contribution in [3.63, 3.8) is 0 Å². The minimum Gasteiger partial charge on any atom is -0.502 e. The van der Waals surface area contributed by atoms with Gasteiger partial charge in [0.05, 0.1) is 26.8 Å². The highest BCUT2D eigenvalue weighted by molar-refractivity contribution is 7.98. The quantitative estimate of drug-likeness (QED) is 0.283. The Morgan fingerprint density at radius 2 is 2.09 bits per heavy atom. The number of aliphatic hydroxyl groups excluding tert-OH is 1. The zero-order chi connectivity index (χ0) is 16.7. The molecule has 1 N–H and O–H groups in total. The number of carbonyl (C=O) groups is 2. The molecule has 22 heavy (non-hydrogen) atoms. The van der Waals surface area contributed by atoms with Crippen molar-refractivity contribution in [2.75, 3.05) is 20.5 Å². The first kappa shape index (κ1) is 18.0. The number of esters is 1. The third-order valence-corrected chi connectivity index (χ3v) is 3.50. The Labute approximate surface area is 131 Å². The van der Waals surface area contributed by atoms with E-state index in [4.69, 9.17) is 4.84 Å². The fraction of sp³-hybridized carbons (Fsp3) is 0.286. The Bertz CT molecular complexity index is 591. The summed E-state index contributed by atoms with van der Waals surface area (Å²) < 4.78 is 17.5. The largest absolute Gasteiger partial charge is 0.502 e. The molecule has 0 aliphatic rings. The average molecular weight is 329 g/mol. The Balaban J connectivity index is 2.94. The lowest BCUT2D eigenvalue weighted by Crippen LogP contribution is -2.29. The van der Waals surface area contributed by atoms with E-state index in [0.29, 0.717) is 16.5 Å². The number of ether oxygens (including phenoxy) is 1. The number of rotatable bonds is 6. The molecule has 0 heterocycles. The summed E-state index contributed by atoms with van der Waals surface area (Å²) in [6, 6.07) is 4.15. The molecule has 0 aromatic heterocycles. The number of hydrogen-bond acceptors (Lipinski definition) is 6. The van der Waals surface area contributed by atoms with E-state index in [-0.39, 0.29) is 12.4 Å². The summed E-state index contributed by atoms with van der Waals surface area (Å²) in [6.45, 7) is 0.0245. The number of hydroxylamine groups is 2. The number of benzene rings is 1.